The van der Waals surface area contributed by atoms with E-state index in [0.717, 1.165) is 19.5 Å². The smallest absolute Gasteiger partial charge is 0.234 e. The van der Waals surface area contributed by atoms with Gasteiger partial charge in [-0.3, -0.25) is 9.69 Å². The van der Waals surface area contributed by atoms with Crippen molar-refractivity contribution in [3.63, 3.8) is 0 Å². The Balaban J connectivity index is 1.98. The first kappa shape index (κ1) is 10.9. The molecule has 1 aliphatic carbocycles. The van der Waals surface area contributed by atoms with Gasteiger partial charge in [0, 0.05) is 12.6 Å². The summed E-state index contributed by atoms with van der Waals surface area (Å²) in [5, 5.41) is 0. The molecule has 0 spiro atoms. The molecule has 1 aliphatic heterocycles. The molecule has 2 aliphatic rings. The van der Waals surface area contributed by atoms with Gasteiger partial charge in [0.1, 0.15) is 0 Å². The summed E-state index contributed by atoms with van der Waals surface area (Å²) in [7, 11) is 0. The molecule has 3 unspecified atom stereocenters. The maximum Gasteiger partial charge on any atom is 0.234 e. The van der Waals surface area contributed by atoms with Gasteiger partial charge in [-0.05, 0) is 31.7 Å². The second-order valence-electron chi connectivity index (χ2n) is 4.79. The number of amides is 1. The van der Waals surface area contributed by atoms with E-state index in [1.54, 1.807) is 0 Å². The number of carbonyl (C=O) groups is 1. The predicted octanol–water partition coefficient (Wildman–Crippen LogP) is 0.0635. The Labute approximate surface area is 91.0 Å². The van der Waals surface area contributed by atoms with Gasteiger partial charge in [0.05, 0.1) is 6.04 Å². The molecule has 1 heterocycles. The monoisotopic (exact) mass is 211 g/mol. The number of hydrogen-bond acceptors (Lipinski definition) is 3. The van der Waals surface area contributed by atoms with E-state index < -0.39 is 0 Å². The van der Waals surface area contributed by atoms with Gasteiger partial charge in [-0.2, -0.15) is 0 Å². The van der Waals surface area contributed by atoms with E-state index in [1.165, 1.54) is 25.7 Å². The molecule has 1 saturated heterocycles. The van der Waals surface area contributed by atoms with Gasteiger partial charge in [-0.1, -0.05) is 12.8 Å². The lowest BCUT2D eigenvalue weighted by atomic mass is 9.81. The van der Waals surface area contributed by atoms with Crippen LogP contribution in [0.2, 0.25) is 0 Å². The summed E-state index contributed by atoms with van der Waals surface area (Å²) in [5.74, 6) is 0.406. The van der Waals surface area contributed by atoms with Crippen LogP contribution < -0.4 is 11.5 Å². The van der Waals surface area contributed by atoms with E-state index in [2.05, 4.69) is 4.90 Å². The average Bonchev–Trinajstić information content (AvgIpc) is 2.16. The molecule has 1 amide bonds. The number of rotatable bonds is 3. The van der Waals surface area contributed by atoms with E-state index in [4.69, 9.17) is 11.5 Å². The second kappa shape index (κ2) is 4.49. The van der Waals surface area contributed by atoms with E-state index >= 15 is 0 Å². The van der Waals surface area contributed by atoms with Crippen molar-refractivity contribution in [3.8, 4) is 0 Å². The Kier molecular flexibility index (Phi) is 3.26. The highest BCUT2D eigenvalue weighted by molar-refractivity contribution is 5.80. The zero-order valence-electron chi connectivity index (χ0n) is 9.19. The average molecular weight is 211 g/mol. The third kappa shape index (κ3) is 2.01. The number of hydrogen-bond donors (Lipinski definition) is 2. The maximum absolute atomic E-state index is 11.2. The topological polar surface area (TPSA) is 72.3 Å². The van der Waals surface area contributed by atoms with Gasteiger partial charge in [-0.15, -0.1) is 0 Å². The number of carbonyl (C=O) groups excluding carboxylic acids is 1. The normalized spacial score (nSPS) is 37.3. The lowest BCUT2D eigenvalue weighted by Gasteiger charge is -2.48. The fourth-order valence-corrected chi connectivity index (χ4v) is 3.01. The van der Waals surface area contributed by atoms with E-state index in [0.29, 0.717) is 12.0 Å². The summed E-state index contributed by atoms with van der Waals surface area (Å²) in [6, 6.07) is 0.497. The van der Waals surface area contributed by atoms with Crippen molar-refractivity contribution in [2.45, 2.75) is 44.2 Å². The summed E-state index contributed by atoms with van der Waals surface area (Å²) in [4.78, 5) is 13.5. The van der Waals surface area contributed by atoms with Gasteiger partial charge >= 0.3 is 0 Å². The molecule has 4 N–H and O–H groups in total. The van der Waals surface area contributed by atoms with E-state index in [1.807, 2.05) is 0 Å². The fourth-order valence-electron chi connectivity index (χ4n) is 3.01. The van der Waals surface area contributed by atoms with E-state index in [9.17, 15) is 4.79 Å². The number of nitrogens with zero attached hydrogens (tertiary/aromatic N) is 1. The minimum absolute atomic E-state index is 0.0119. The molecule has 1 saturated carbocycles. The van der Waals surface area contributed by atoms with Crippen molar-refractivity contribution >= 4 is 5.91 Å². The molecule has 2 fully saturated rings. The van der Waals surface area contributed by atoms with Crippen LogP contribution >= 0.6 is 0 Å². The van der Waals surface area contributed by atoms with E-state index in [-0.39, 0.29) is 11.9 Å². The minimum Gasteiger partial charge on any atom is -0.368 e. The highest BCUT2D eigenvalue weighted by Gasteiger charge is 2.40. The molecule has 0 aromatic heterocycles. The summed E-state index contributed by atoms with van der Waals surface area (Å²) in [5.41, 5.74) is 11.2. The van der Waals surface area contributed by atoms with Crippen LogP contribution in [-0.2, 0) is 4.79 Å². The van der Waals surface area contributed by atoms with Gasteiger partial charge in [-0.25, -0.2) is 0 Å². The highest BCUT2D eigenvalue weighted by atomic mass is 16.1. The predicted molar refractivity (Wildman–Crippen MR) is 59.1 cm³/mol. The first-order valence-electron chi connectivity index (χ1n) is 5.99. The Morgan fingerprint density at radius 2 is 2.00 bits per heavy atom. The van der Waals surface area contributed by atoms with Crippen LogP contribution in [-0.4, -0.2) is 36.0 Å². The third-order valence-electron chi connectivity index (χ3n) is 3.99. The number of primary amides is 1. The Hall–Kier alpha value is -0.610. The van der Waals surface area contributed by atoms with Crippen LogP contribution in [0.15, 0.2) is 0 Å². The van der Waals surface area contributed by atoms with Crippen LogP contribution in [0.4, 0.5) is 0 Å². The van der Waals surface area contributed by atoms with Crippen molar-refractivity contribution < 1.29 is 4.79 Å². The summed E-state index contributed by atoms with van der Waals surface area (Å²) < 4.78 is 0. The van der Waals surface area contributed by atoms with Crippen LogP contribution in [0.5, 0.6) is 0 Å². The van der Waals surface area contributed by atoms with Crippen molar-refractivity contribution in [1.82, 2.24) is 4.90 Å². The summed E-state index contributed by atoms with van der Waals surface area (Å²) in [6.45, 7) is 1.77. The zero-order valence-corrected chi connectivity index (χ0v) is 9.19. The SMILES string of the molecule is NCC1CCCCC1N1CCC1C(N)=O. The maximum atomic E-state index is 11.2. The Morgan fingerprint density at radius 3 is 2.53 bits per heavy atom. The van der Waals surface area contributed by atoms with Crippen LogP contribution in [0.25, 0.3) is 0 Å². The first-order chi connectivity index (χ1) is 7.24. The molecular weight excluding hydrogens is 190 g/mol. The van der Waals surface area contributed by atoms with Crippen LogP contribution in [0.3, 0.4) is 0 Å². The third-order valence-corrected chi connectivity index (χ3v) is 3.99. The Morgan fingerprint density at radius 1 is 1.27 bits per heavy atom. The first-order valence-corrected chi connectivity index (χ1v) is 5.99. The molecule has 0 bridgehead atoms. The largest absolute Gasteiger partial charge is 0.368 e. The van der Waals surface area contributed by atoms with Gasteiger partial charge < -0.3 is 11.5 Å². The van der Waals surface area contributed by atoms with Crippen molar-refractivity contribution in [2.75, 3.05) is 13.1 Å². The van der Waals surface area contributed by atoms with Crippen molar-refractivity contribution in [3.05, 3.63) is 0 Å². The molecule has 4 heteroatoms. The van der Waals surface area contributed by atoms with Gasteiger partial charge in [0.2, 0.25) is 5.91 Å². The van der Waals surface area contributed by atoms with Gasteiger partial charge in [0.25, 0.3) is 0 Å². The molecule has 0 radical (unpaired) electrons. The Bertz CT molecular complexity index is 244. The zero-order chi connectivity index (χ0) is 10.8. The number of likely N-dealkylation sites (tertiary alicyclic amines) is 1. The lowest BCUT2D eigenvalue weighted by Crippen LogP contribution is -2.61. The molecule has 15 heavy (non-hydrogen) atoms. The fraction of sp³-hybridized carbons (Fsp3) is 0.909. The molecule has 4 nitrogen and oxygen atoms in total. The summed E-state index contributed by atoms with van der Waals surface area (Å²) in [6.07, 6.45) is 5.88. The quantitative estimate of drug-likeness (QED) is 0.693. The second-order valence-corrected chi connectivity index (χ2v) is 4.79. The van der Waals surface area contributed by atoms with Gasteiger partial charge in [0.15, 0.2) is 0 Å². The molecule has 0 aromatic rings. The minimum atomic E-state index is -0.164. The van der Waals surface area contributed by atoms with Crippen molar-refractivity contribution in [1.29, 1.82) is 0 Å². The highest BCUT2D eigenvalue weighted by Crippen LogP contribution is 2.33. The number of nitrogens with two attached hydrogens (primary N) is 2. The standard InChI is InChI=1S/C11H21N3O/c12-7-8-3-1-2-4-9(8)14-6-5-10(14)11(13)15/h8-10H,1-7,12H2,(H2,13,15). The molecule has 2 rings (SSSR count). The molecule has 0 aromatic carbocycles. The molecule has 3 atom stereocenters. The molecule has 86 valence electrons. The lowest BCUT2D eigenvalue weighted by molar-refractivity contribution is -0.131. The van der Waals surface area contributed by atoms with Crippen LogP contribution in [0.1, 0.15) is 32.1 Å². The summed E-state index contributed by atoms with van der Waals surface area (Å²) >= 11 is 0. The van der Waals surface area contributed by atoms with Crippen molar-refractivity contribution in [2.24, 2.45) is 17.4 Å². The molecular formula is C11H21N3O. The van der Waals surface area contributed by atoms with Crippen LogP contribution in [0, 0.1) is 5.92 Å².